The van der Waals surface area contributed by atoms with Crippen LogP contribution in [0.4, 0.5) is 0 Å². The second kappa shape index (κ2) is 15.5. The van der Waals surface area contributed by atoms with Crippen LogP contribution in [0, 0.1) is 0 Å². The van der Waals surface area contributed by atoms with Crippen LogP contribution in [0.15, 0.2) is 48.5 Å². The maximum Gasteiger partial charge on any atom is 0.254 e. The fourth-order valence-electron chi connectivity index (χ4n) is 6.03. The van der Waals surface area contributed by atoms with Crippen molar-refractivity contribution in [2.45, 2.75) is 51.6 Å². The first-order chi connectivity index (χ1) is 18.2. The molecule has 0 saturated carbocycles. The minimum atomic E-state index is 0. The third-order valence-corrected chi connectivity index (χ3v) is 8.45. The van der Waals surface area contributed by atoms with Crippen molar-refractivity contribution in [1.29, 1.82) is 0 Å². The van der Waals surface area contributed by atoms with Crippen molar-refractivity contribution in [3.05, 3.63) is 70.8 Å². The summed E-state index contributed by atoms with van der Waals surface area (Å²) in [5.74, 6) is 0.393. The summed E-state index contributed by atoms with van der Waals surface area (Å²) in [6.45, 7) is 7.83. The van der Waals surface area contributed by atoms with Crippen LogP contribution in [0.1, 0.15) is 70.4 Å². The van der Waals surface area contributed by atoms with E-state index in [1.54, 1.807) is 0 Å². The van der Waals surface area contributed by atoms with Crippen LogP contribution in [-0.4, -0.2) is 98.0 Å². The molecule has 4 rings (SSSR count). The van der Waals surface area contributed by atoms with Gasteiger partial charge in [0.2, 0.25) is 0 Å². The van der Waals surface area contributed by atoms with Crippen LogP contribution in [0.5, 0.6) is 0 Å². The van der Waals surface area contributed by atoms with E-state index < -0.39 is 0 Å². The number of rotatable bonds is 15. The highest BCUT2D eigenvalue weighted by molar-refractivity contribution is 5.98. The molecular formula is C32H48Br2N4O2. The molecule has 2 aromatic rings. The third kappa shape index (κ3) is 9.40. The second-order valence-corrected chi connectivity index (χ2v) is 12.7. The lowest BCUT2D eigenvalue weighted by molar-refractivity contribution is -0.891. The molecule has 0 atom stereocenters. The Kier molecular flexibility index (Phi) is 13.3. The van der Waals surface area contributed by atoms with Crippen molar-refractivity contribution in [1.82, 2.24) is 9.80 Å². The molecular weight excluding hydrogens is 632 g/mol. The number of halogens is 2. The summed E-state index contributed by atoms with van der Waals surface area (Å²) in [7, 11) is 9.29. The van der Waals surface area contributed by atoms with Gasteiger partial charge in [0, 0.05) is 50.1 Å². The lowest BCUT2D eigenvalue weighted by Crippen LogP contribution is -3.00. The van der Waals surface area contributed by atoms with Crippen molar-refractivity contribution >= 4 is 11.8 Å². The van der Waals surface area contributed by atoms with Gasteiger partial charge in [-0.3, -0.25) is 9.59 Å². The number of carbonyl (C=O) groups excluding carboxylic acids is 2. The normalized spacial score (nSPS) is 14.6. The molecule has 2 aliphatic rings. The average Bonchev–Trinajstić information content (AvgIpc) is 3.37. The Morgan fingerprint density at radius 2 is 0.900 bits per heavy atom. The van der Waals surface area contributed by atoms with Gasteiger partial charge in [-0.2, -0.15) is 0 Å². The van der Waals surface area contributed by atoms with E-state index in [9.17, 15) is 9.59 Å². The number of nitrogens with zero attached hydrogens (tertiary/aromatic N) is 4. The van der Waals surface area contributed by atoms with Crippen molar-refractivity contribution < 1.29 is 52.5 Å². The number of benzene rings is 2. The maximum absolute atomic E-state index is 12.6. The molecule has 0 radical (unpaired) electrons. The van der Waals surface area contributed by atoms with Crippen molar-refractivity contribution in [3.63, 3.8) is 0 Å². The topological polar surface area (TPSA) is 40.6 Å². The van der Waals surface area contributed by atoms with E-state index in [1.165, 1.54) is 49.9 Å². The molecule has 0 bridgehead atoms. The molecule has 0 aromatic heterocycles. The Balaban J connectivity index is 0.00000280. The molecule has 40 heavy (non-hydrogen) atoms. The molecule has 2 amide bonds. The molecule has 222 valence electrons. The summed E-state index contributed by atoms with van der Waals surface area (Å²) in [6, 6.07) is 16.0. The predicted molar refractivity (Wildman–Crippen MR) is 154 cm³/mol. The van der Waals surface area contributed by atoms with E-state index in [-0.39, 0.29) is 45.8 Å². The number of unbranched alkanes of at least 4 members (excludes halogenated alkanes) is 3. The molecule has 0 unspecified atom stereocenters. The highest BCUT2D eigenvalue weighted by Gasteiger charge is 2.28. The van der Waals surface area contributed by atoms with Gasteiger partial charge >= 0.3 is 0 Å². The zero-order chi connectivity index (χ0) is 27.2. The standard InChI is InChI=1S/C32H48N4O2.2BrH/c1-35(2,23-13-19-33-25-27-15-7-9-17-29(27)31(33)37)21-11-5-6-12-22-36(3,4)24-14-20-34-26-28-16-8-10-18-30(28)32(34)38;;/h7-10,15-18H,5-6,11-14,19-26H2,1-4H3;2*1H/q+2;;/p-2. The summed E-state index contributed by atoms with van der Waals surface area (Å²) in [4.78, 5) is 29.2. The minimum absolute atomic E-state index is 0. The van der Waals surface area contributed by atoms with Crippen molar-refractivity contribution in [2.75, 3.05) is 67.5 Å². The number of hydrogen-bond acceptors (Lipinski definition) is 2. The smallest absolute Gasteiger partial charge is 0.254 e. The van der Waals surface area contributed by atoms with E-state index in [1.807, 2.05) is 46.2 Å². The largest absolute Gasteiger partial charge is 1.00 e. The first-order valence-electron chi connectivity index (χ1n) is 14.5. The molecule has 0 saturated heterocycles. The van der Waals surface area contributed by atoms with Crippen LogP contribution in [0.25, 0.3) is 0 Å². The van der Waals surface area contributed by atoms with Crippen molar-refractivity contribution in [2.24, 2.45) is 0 Å². The number of carbonyl (C=O) groups is 2. The fraction of sp³-hybridized carbons (Fsp3) is 0.562. The third-order valence-electron chi connectivity index (χ3n) is 8.45. The SMILES string of the molecule is C[N+](C)(CCCCCC[N+](C)(C)CCCN1Cc2ccccc2C1=O)CCCN1Cc2ccccc2C1=O.[Br-].[Br-]. The molecule has 0 N–H and O–H groups in total. The van der Waals surface area contributed by atoms with Crippen LogP contribution in [0.3, 0.4) is 0 Å². The monoisotopic (exact) mass is 678 g/mol. The van der Waals surface area contributed by atoms with E-state index >= 15 is 0 Å². The lowest BCUT2D eigenvalue weighted by atomic mass is 10.1. The summed E-state index contributed by atoms with van der Waals surface area (Å²) >= 11 is 0. The van der Waals surface area contributed by atoms with Crippen LogP contribution in [0.2, 0.25) is 0 Å². The van der Waals surface area contributed by atoms with Gasteiger partial charge in [-0.05, 0) is 48.9 Å². The summed E-state index contributed by atoms with van der Waals surface area (Å²) < 4.78 is 2.05. The molecule has 8 heteroatoms. The molecule has 2 heterocycles. The van der Waals surface area contributed by atoms with Gasteiger partial charge in [-0.1, -0.05) is 36.4 Å². The van der Waals surface area contributed by atoms with Gasteiger partial charge in [0.25, 0.3) is 11.8 Å². The van der Waals surface area contributed by atoms with Crippen LogP contribution >= 0.6 is 0 Å². The zero-order valence-electron chi connectivity index (χ0n) is 24.9. The van der Waals surface area contributed by atoms with E-state index in [2.05, 4.69) is 40.3 Å². The number of quaternary nitrogens is 2. The summed E-state index contributed by atoms with van der Waals surface area (Å²) in [5, 5.41) is 0. The number of fused-ring (bicyclic) bond motifs is 2. The average molecular weight is 681 g/mol. The van der Waals surface area contributed by atoms with E-state index in [4.69, 9.17) is 0 Å². The van der Waals surface area contributed by atoms with E-state index in [0.717, 1.165) is 72.2 Å². The quantitative estimate of drug-likeness (QED) is 0.176. The van der Waals surface area contributed by atoms with E-state index in [0.29, 0.717) is 0 Å². The van der Waals surface area contributed by atoms with Gasteiger partial charge in [-0.25, -0.2) is 0 Å². The maximum atomic E-state index is 12.6. The predicted octanol–water partition coefficient (Wildman–Crippen LogP) is -1.20. The lowest BCUT2D eigenvalue weighted by Gasteiger charge is -2.31. The first kappa shape index (κ1) is 34.5. The van der Waals surface area contributed by atoms with Gasteiger partial charge < -0.3 is 52.7 Å². The molecule has 6 nitrogen and oxygen atoms in total. The van der Waals surface area contributed by atoms with Gasteiger partial charge in [0.15, 0.2) is 0 Å². The Morgan fingerprint density at radius 3 is 1.27 bits per heavy atom. The van der Waals surface area contributed by atoms with Gasteiger partial charge in [-0.15, -0.1) is 0 Å². The Morgan fingerprint density at radius 1 is 0.550 bits per heavy atom. The highest BCUT2D eigenvalue weighted by Crippen LogP contribution is 2.23. The van der Waals surface area contributed by atoms with Crippen molar-refractivity contribution in [3.8, 4) is 0 Å². The molecule has 0 fully saturated rings. The summed E-state index contributed by atoms with van der Waals surface area (Å²) in [5.41, 5.74) is 4.10. The molecule has 0 spiro atoms. The molecule has 2 aliphatic heterocycles. The fourth-order valence-corrected chi connectivity index (χ4v) is 6.03. The Labute approximate surface area is 263 Å². The zero-order valence-corrected chi connectivity index (χ0v) is 28.1. The number of amides is 2. The van der Waals surface area contributed by atoms with Crippen LogP contribution in [-0.2, 0) is 13.1 Å². The van der Waals surface area contributed by atoms with Crippen LogP contribution < -0.4 is 34.0 Å². The highest BCUT2D eigenvalue weighted by atomic mass is 79.9. The summed E-state index contributed by atoms with van der Waals surface area (Å²) in [6.07, 6.45) is 7.17. The Bertz CT molecular complexity index is 1030. The van der Waals surface area contributed by atoms with Gasteiger partial charge in [0.05, 0.1) is 54.4 Å². The first-order valence-corrected chi connectivity index (χ1v) is 14.5. The second-order valence-electron chi connectivity index (χ2n) is 12.7. The number of hydrogen-bond donors (Lipinski definition) is 0. The van der Waals surface area contributed by atoms with Gasteiger partial charge in [0.1, 0.15) is 0 Å². The molecule has 2 aromatic carbocycles. The minimum Gasteiger partial charge on any atom is -1.00 e. The molecule has 0 aliphatic carbocycles. The Hall–Kier alpha value is -1.74.